The van der Waals surface area contributed by atoms with Crippen LogP contribution in [-0.4, -0.2) is 11.9 Å². The molecule has 0 aliphatic heterocycles. The second-order valence-corrected chi connectivity index (χ2v) is 3.44. The largest absolute Gasteiger partial charge is 0.457 e. The van der Waals surface area contributed by atoms with Crippen LogP contribution in [0.5, 0.6) is 0 Å². The molecule has 0 aromatic carbocycles. The highest BCUT2D eigenvalue weighted by molar-refractivity contribution is 7.96. The molecule has 0 rings (SSSR count). The summed E-state index contributed by atoms with van der Waals surface area (Å²) in [6.07, 6.45) is 0.994. The molecule has 0 atom stereocenters. The maximum Gasteiger partial charge on any atom is 0.364 e. The second kappa shape index (κ2) is 3.86. The third kappa shape index (κ3) is 4.68. The highest BCUT2D eigenvalue weighted by Crippen LogP contribution is 2.19. The van der Waals surface area contributed by atoms with Crippen LogP contribution in [0.4, 0.5) is 4.79 Å². The summed E-state index contributed by atoms with van der Waals surface area (Å²) in [6, 6.07) is 0. The molecule has 0 fully saturated rings. The van der Waals surface area contributed by atoms with Crippen LogP contribution in [0.2, 0.25) is 0 Å². The molecule has 0 unspecified atom stereocenters. The second-order valence-electron chi connectivity index (χ2n) is 3.07. The molecule has 60 valence electrons. The first kappa shape index (κ1) is 9.82. The van der Waals surface area contributed by atoms with Gasteiger partial charge in [0.1, 0.15) is 0 Å². The van der Waals surface area contributed by atoms with Gasteiger partial charge >= 0.3 is 5.30 Å². The average molecular weight is 162 g/mol. The van der Waals surface area contributed by atoms with E-state index in [0.29, 0.717) is 6.61 Å². The first-order valence-electron chi connectivity index (χ1n) is 3.33. The van der Waals surface area contributed by atoms with Crippen molar-refractivity contribution < 1.29 is 9.53 Å². The monoisotopic (exact) mass is 162 g/mol. The van der Waals surface area contributed by atoms with E-state index in [4.69, 9.17) is 4.74 Å². The molecule has 0 N–H and O–H groups in total. The van der Waals surface area contributed by atoms with Crippen molar-refractivity contribution in [2.75, 3.05) is 6.61 Å². The SMILES string of the molecule is CCC(C)(C)COC(=O)S. The summed E-state index contributed by atoms with van der Waals surface area (Å²) in [5.41, 5.74) is 0.0817. The lowest BCUT2D eigenvalue weighted by Gasteiger charge is -2.20. The van der Waals surface area contributed by atoms with E-state index in [1.165, 1.54) is 0 Å². The topological polar surface area (TPSA) is 26.3 Å². The summed E-state index contributed by atoms with van der Waals surface area (Å²) < 4.78 is 4.72. The summed E-state index contributed by atoms with van der Waals surface area (Å²) in [4.78, 5) is 10.2. The number of carbonyl (C=O) groups is 1. The molecule has 0 aliphatic carbocycles. The van der Waals surface area contributed by atoms with Crippen LogP contribution in [0, 0.1) is 5.41 Å². The Bertz CT molecular complexity index is 121. The molecular weight excluding hydrogens is 148 g/mol. The Morgan fingerprint density at radius 1 is 1.60 bits per heavy atom. The molecule has 0 aromatic rings. The Labute approximate surface area is 67.4 Å². The van der Waals surface area contributed by atoms with Crippen molar-refractivity contribution in [2.24, 2.45) is 5.41 Å². The van der Waals surface area contributed by atoms with Crippen molar-refractivity contribution in [3.63, 3.8) is 0 Å². The fraction of sp³-hybridized carbons (Fsp3) is 0.857. The maximum atomic E-state index is 10.2. The van der Waals surface area contributed by atoms with Gasteiger partial charge in [0, 0.05) is 0 Å². The number of carbonyl (C=O) groups excluding carboxylic acids is 1. The van der Waals surface area contributed by atoms with Crippen molar-refractivity contribution in [1.29, 1.82) is 0 Å². The molecule has 0 amide bonds. The van der Waals surface area contributed by atoms with Crippen molar-refractivity contribution in [1.82, 2.24) is 0 Å². The minimum Gasteiger partial charge on any atom is -0.457 e. The van der Waals surface area contributed by atoms with E-state index in [0.717, 1.165) is 6.42 Å². The number of hydrogen-bond donors (Lipinski definition) is 1. The van der Waals surface area contributed by atoms with Gasteiger partial charge in [-0.3, -0.25) is 0 Å². The van der Waals surface area contributed by atoms with E-state index in [2.05, 4.69) is 19.6 Å². The van der Waals surface area contributed by atoms with Gasteiger partial charge in [0.05, 0.1) is 6.61 Å². The molecule has 0 aromatic heterocycles. The van der Waals surface area contributed by atoms with E-state index in [1.807, 2.05) is 13.8 Å². The lowest BCUT2D eigenvalue weighted by Crippen LogP contribution is -2.18. The van der Waals surface area contributed by atoms with E-state index >= 15 is 0 Å². The van der Waals surface area contributed by atoms with Crippen molar-refractivity contribution in [3.8, 4) is 0 Å². The predicted octanol–water partition coefficient (Wildman–Crippen LogP) is 2.49. The molecule has 2 nitrogen and oxygen atoms in total. The Morgan fingerprint density at radius 2 is 2.10 bits per heavy atom. The third-order valence-corrected chi connectivity index (χ3v) is 1.67. The summed E-state index contributed by atoms with van der Waals surface area (Å²) in [5.74, 6) is 0. The third-order valence-electron chi connectivity index (χ3n) is 1.54. The van der Waals surface area contributed by atoms with Crippen molar-refractivity contribution in [3.05, 3.63) is 0 Å². The predicted molar refractivity (Wildman–Crippen MR) is 44.4 cm³/mol. The molecule has 0 saturated carbocycles. The first-order valence-corrected chi connectivity index (χ1v) is 3.78. The highest BCUT2D eigenvalue weighted by Gasteiger charge is 2.16. The van der Waals surface area contributed by atoms with E-state index in [9.17, 15) is 4.79 Å². The molecule has 10 heavy (non-hydrogen) atoms. The highest BCUT2D eigenvalue weighted by atomic mass is 32.1. The van der Waals surface area contributed by atoms with Crippen LogP contribution < -0.4 is 0 Å². The van der Waals surface area contributed by atoms with Gasteiger partial charge in [0.25, 0.3) is 0 Å². The number of rotatable bonds is 3. The van der Waals surface area contributed by atoms with Gasteiger partial charge in [-0.05, 0) is 11.8 Å². The minimum absolute atomic E-state index is 0.0817. The van der Waals surface area contributed by atoms with Gasteiger partial charge < -0.3 is 4.74 Å². The quantitative estimate of drug-likeness (QED) is 0.509. The molecule has 0 saturated heterocycles. The average Bonchev–Trinajstić information content (AvgIpc) is 1.85. The van der Waals surface area contributed by atoms with Crippen molar-refractivity contribution in [2.45, 2.75) is 27.2 Å². The fourth-order valence-electron chi connectivity index (χ4n) is 0.359. The fourth-order valence-corrected chi connectivity index (χ4v) is 0.424. The number of thiol groups is 1. The van der Waals surface area contributed by atoms with Crippen LogP contribution >= 0.6 is 12.6 Å². The van der Waals surface area contributed by atoms with Crippen molar-refractivity contribution >= 4 is 17.9 Å². The Balaban J connectivity index is 3.56. The van der Waals surface area contributed by atoms with Crippen LogP contribution in [0.1, 0.15) is 27.2 Å². The van der Waals surface area contributed by atoms with Crippen LogP contribution in [0.3, 0.4) is 0 Å². The zero-order valence-electron chi connectivity index (χ0n) is 6.68. The molecule has 0 radical (unpaired) electrons. The van der Waals surface area contributed by atoms with Gasteiger partial charge in [0.2, 0.25) is 0 Å². The zero-order chi connectivity index (χ0) is 8.20. The normalized spacial score (nSPS) is 11.2. The standard InChI is InChI=1S/C7H14O2S/c1-4-7(2,3)5-9-6(8)10/h4-5H2,1-3H3,(H,8,10). The van der Waals surface area contributed by atoms with E-state index < -0.39 is 5.30 Å². The summed E-state index contributed by atoms with van der Waals surface area (Å²) in [5, 5.41) is -0.499. The van der Waals surface area contributed by atoms with Gasteiger partial charge in [0.15, 0.2) is 0 Å². The molecule has 0 heterocycles. The van der Waals surface area contributed by atoms with Gasteiger partial charge in [-0.1, -0.05) is 33.4 Å². The molecular formula is C7H14O2S. The summed E-state index contributed by atoms with van der Waals surface area (Å²) in [6.45, 7) is 6.60. The lowest BCUT2D eigenvalue weighted by atomic mass is 9.92. The Hall–Kier alpha value is -0.180. The van der Waals surface area contributed by atoms with Crippen LogP contribution in [-0.2, 0) is 4.74 Å². The Kier molecular flexibility index (Phi) is 3.79. The minimum atomic E-state index is -0.499. The number of hydrogen-bond acceptors (Lipinski definition) is 2. The smallest absolute Gasteiger partial charge is 0.364 e. The van der Waals surface area contributed by atoms with Crippen LogP contribution in [0.15, 0.2) is 0 Å². The van der Waals surface area contributed by atoms with Gasteiger partial charge in [-0.25, -0.2) is 4.79 Å². The molecule has 0 aliphatic rings. The zero-order valence-corrected chi connectivity index (χ0v) is 7.57. The number of ether oxygens (including phenoxy) is 1. The summed E-state index contributed by atoms with van der Waals surface area (Å²) >= 11 is 3.49. The molecule has 0 spiro atoms. The Morgan fingerprint density at radius 3 is 2.40 bits per heavy atom. The van der Waals surface area contributed by atoms with E-state index in [-0.39, 0.29) is 5.41 Å². The molecule has 3 heteroatoms. The molecule has 0 bridgehead atoms. The first-order chi connectivity index (χ1) is 4.48. The van der Waals surface area contributed by atoms with Crippen LogP contribution in [0.25, 0.3) is 0 Å². The van der Waals surface area contributed by atoms with E-state index in [1.54, 1.807) is 0 Å². The maximum absolute atomic E-state index is 10.2. The van der Waals surface area contributed by atoms with Gasteiger partial charge in [-0.15, -0.1) is 0 Å². The van der Waals surface area contributed by atoms with Gasteiger partial charge in [-0.2, -0.15) is 0 Å². The summed E-state index contributed by atoms with van der Waals surface area (Å²) in [7, 11) is 0. The lowest BCUT2D eigenvalue weighted by molar-refractivity contribution is 0.118.